The van der Waals surface area contributed by atoms with Crippen molar-refractivity contribution in [3.05, 3.63) is 90.0 Å². The Morgan fingerprint density at radius 3 is 2.10 bits per heavy atom. The highest BCUT2D eigenvalue weighted by Crippen LogP contribution is 2.26. The normalized spacial score (nSPS) is 12.0. The van der Waals surface area contributed by atoms with Gasteiger partial charge in [-0.1, -0.05) is 68.8 Å². The van der Waals surface area contributed by atoms with Gasteiger partial charge in [0.15, 0.2) is 0 Å². The zero-order chi connectivity index (χ0) is 30.0. The van der Waals surface area contributed by atoms with Crippen LogP contribution in [0, 0.1) is 12.8 Å². The lowest BCUT2D eigenvalue weighted by atomic mass is 10.1. The Morgan fingerprint density at radius 2 is 1.54 bits per heavy atom. The standard InChI is InChI=1S/C32H41N3O5S/c1-6-30(32(37)33-21-24(3)4)34(22-26-11-9-8-10-12-26)31(36)23-35(27-15-13-25(5)14-16-27)41(38,39)29-19-17-28(18-20-29)40-7-2/h8-20,24,30H,6-7,21-23H2,1-5H3,(H,33,37)/t30-/m1/s1. The van der Waals surface area contributed by atoms with Crippen molar-refractivity contribution in [1.82, 2.24) is 10.2 Å². The maximum atomic E-state index is 14.1. The Balaban J connectivity index is 2.02. The Labute approximate surface area is 244 Å². The van der Waals surface area contributed by atoms with E-state index in [4.69, 9.17) is 4.74 Å². The molecule has 0 saturated carbocycles. The Hall–Kier alpha value is -3.85. The largest absolute Gasteiger partial charge is 0.494 e. The van der Waals surface area contributed by atoms with Crippen molar-refractivity contribution < 1.29 is 22.7 Å². The van der Waals surface area contributed by atoms with Crippen molar-refractivity contribution in [3.63, 3.8) is 0 Å². The first-order valence-electron chi connectivity index (χ1n) is 14.0. The van der Waals surface area contributed by atoms with Gasteiger partial charge in [-0.25, -0.2) is 8.42 Å². The number of nitrogens with zero attached hydrogens (tertiary/aromatic N) is 2. The SMILES string of the molecule is CCOc1ccc(S(=O)(=O)N(CC(=O)N(Cc2ccccc2)[C@H](CC)C(=O)NCC(C)C)c2ccc(C)cc2)cc1. The third kappa shape index (κ3) is 8.57. The summed E-state index contributed by atoms with van der Waals surface area (Å²) < 4.78 is 34.6. The van der Waals surface area contributed by atoms with Crippen molar-refractivity contribution in [2.45, 2.75) is 58.5 Å². The molecular formula is C32H41N3O5S. The molecule has 0 heterocycles. The van der Waals surface area contributed by atoms with E-state index in [0.29, 0.717) is 31.0 Å². The summed E-state index contributed by atoms with van der Waals surface area (Å²) in [6, 6.07) is 21.7. The molecule has 41 heavy (non-hydrogen) atoms. The molecule has 2 amide bonds. The van der Waals surface area contributed by atoms with Crippen molar-refractivity contribution in [1.29, 1.82) is 0 Å². The van der Waals surface area contributed by atoms with Crippen LogP contribution in [0.3, 0.4) is 0 Å². The average Bonchev–Trinajstić information content (AvgIpc) is 2.96. The molecule has 0 aromatic heterocycles. The van der Waals surface area contributed by atoms with Gasteiger partial charge < -0.3 is 15.0 Å². The van der Waals surface area contributed by atoms with Crippen molar-refractivity contribution in [3.8, 4) is 5.75 Å². The van der Waals surface area contributed by atoms with E-state index in [0.717, 1.165) is 15.4 Å². The van der Waals surface area contributed by atoms with Crippen molar-refractivity contribution in [2.75, 3.05) is 24.0 Å². The monoisotopic (exact) mass is 579 g/mol. The number of benzene rings is 3. The van der Waals surface area contributed by atoms with Crippen LogP contribution in [0.2, 0.25) is 0 Å². The van der Waals surface area contributed by atoms with Gasteiger partial charge in [-0.15, -0.1) is 0 Å². The van der Waals surface area contributed by atoms with Gasteiger partial charge in [0.05, 0.1) is 17.2 Å². The number of hydrogen-bond donors (Lipinski definition) is 1. The lowest BCUT2D eigenvalue weighted by molar-refractivity contribution is -0.140. The molecule has 220 valence electrons. The first-order chi connectivity index (χ1) is 19.6. The molecule has 0 spiro atoms. The summed E-state index contributed by atoms with van der Waals surface area (Å²) in [7, 11) is -4.14. The van der Waals surface area contributed by atoms with Gasteiger partial charge >= 0.3 is 0 Å². The molecule has 1 N–H and O–H groups in total. The summed E-state index contributed by atoms with van der Waals surface area (Å²) in [5.74, 6) is 0.0555. The van der Waals surface area contributed by atoms with E-state index in [-0.39, 0.29) is 23.3 Å². The second kappa shape index (κ2) is 14.7. The fourth-order valence-corrected chi connectivity index (χ4v) is 5.78. The third-order valence-electron chi connectivity index (χ3n) is 6.59. The minimum absolute atomic E-state index is 0.0330. The summed E-state index contributed by atoms with van der Waals surface area (Å²) in [5, 5.41) is 2.94. The third-order valence-corrected chi connectivity index (χ3v) is 8.38. The number of nitrogens with one attached hydrogen (secondary N) is 1. The predicted molar refractivity (Wildman–Crippen MR) is 162 cm³/mol. The Morgan fingerprint density at radius 1 is 0.902 bits per heavy atom. The van der Waals surface area contributed by atoms with E-state index in [1.165, 1.54) is 17.0 Å². The molecule has 0 radical (unpaired) electrons. The summed E-state index contributed by atoms with van der Waals surface area (Å²) >= 11 is 0. The topological polar surface area (TPSA) is 96.0 Å². The minimum Gasteiger partial charge on any atom is -0.494 e. The highest BCUT2D eigenvalue weighted by atomic mass is 32.2. The Kier molecular flexibility index (Phi) is 11.3. The van der Waals surface area contributed by atoms with Crippen LogP contribution in [-0.2, 0) is 26.2 Å². The first-order valence-corrected chi connectivity index (χ1v) is 15.4. The van der Waals surface area contributed by atoms with Crippen LogP contribution in [0.25, 0.3) is 0 Å². The van der Waals surface area contributed by atoms with Crippen molar-refractivity contribution in [2.24, 2.45) is 5.92 Å². The number of carbonyl (C=O) groups is 2. The van der Waals surface area contributed by atoms with Gasteiger partial charge in [0.2, 0.25) is 11.8 Å². The number of anilines is 1. The van der Waals surface area contributed by atoms with E-state index in [9.17, 15) is 18.0 Å². The van der Waals surface area contributed by atoms with Crippen LogP contribution < -0.4 is 14.4 Å². The number of aryl methyl sites for hydroxylation is 1. The quantitative estimate of drug-likeness (QED) is 0.284. The molecule has 3 rings (SSSR count). The van der Waals surface area contributed by atoms with E-state index in [2.05, 4.69) is 5.32 Å². The molecular weight excluding hydrogens is 538 g/mol. The van der Waals surface area contributed by atoms with Crippen LogP contribution in [-0.4, -0.2) is 50.9 Å². The average molecular weight is 580 g/mol. The van der Waals surface area contributed by atoms with Crippen LogP contribution in [0.4, 0.5) is 5.69 Å². The van der Waals surface area contributed by atoms with Crippen LogP contribution >= 0.6 is 0 Å². The number of sulfonamides is 1. The first kappa shape index (κ1) is 31.7. The molecule has 0 fully saturated rings. The zero-order valence-electron chi connectivity index (χ0n) is 24.5. The van der Waals surface area contributed by atoms with Gasteiger partial charge in [-0.3, -0.25) is 13.9 Å². The van der Waals surface area contributed by atoms with Gasteiger partial charge in [-0.05, 0) is 68.1 Å². The van der Waals surface area contributed by atoms with E-state index >= 15 is 0 Å². The molecule has 0 saturated heterocycles. The maximum absolute atomic E-state index is 14.1. The molecule has 0 unspecified atom stereocenters. The maximum Gasteiger partial charge on any atom is 0.264 e. The zero-order valence-corrected chi connectivity index (χ0v) is 25.4. The molecule has 0 bridgehead atoms. The second-order valence-corrected chi connectivity index (χ2v) is 12.2. The summed E-state index contributed by atoms with van der Waals surface area (Å²) in [6.45, 7) is 10.2. The molecule has 0 aliphatic carbocycles. The fourth-order valence-electron chi connectivity index (χ4n) is 4.36. The molecule has 8 nitrogen and oxygen atoms in total. The molecule has 3 aromatic carbocycles. The van der Waals surface area contributed by atoms with Crippen molar-refractivity contribution >= 4 is 27.5 Å². The summed E-state index contributed by atoms with van der Waals surface area (Å²) in [5.41, 5.74) is 2.15. The fraction of sp³-hybridized carbons (Fsp3) is 0.375. The molecule has 3 aromatic rings. The molecule has 0 aliphatic heterocycles. The van der Waals surface area contributed by atoms with Gasteiger partial charge in [0, 0.05) is 13.1 Å². The van der Waals surface area contributed by atoms with Crippen LogP contribution in [0.15, 0.2) is 83.8 Å². The van der Waals surface area contributed by atoms with E-state index in [1.807, 2.05) is 65.0 Å². The minimum atomic E-state index is -4.14. The highest BCUT2D eigenvalue weighted by Gasteiger charge is 2.33. The van der Waals surface area contributed by atoms with E-state index in [1.54, 1.807) is 36.4 Å². The lowest BCUT2D eigenvalue weighted by Crippen LogP contribution is -2.52. The van der Waals surface area contributed by atoms with Gasteiger partial charge in [-0.2, -0.15) is 0 Å². The predicted octanol–water partition coefficient (Wildman–Crippen LogP) is 5.17. The summed E-state index contributed by atoms with van der Waals surface area (Å²) in [4.78, 5) is 28.9. The van der Waals surface area contributed by atoms with E-state index < -0.39 is 28.5 Å². The highest BCUT2D eigenvalue weighted by molar-refractivity contribution is 7.92. The Bertz CT molecular complexity index is 1380. The smallest absolute Gasteiger partial charge is 0.264 e. The lowest BCUT2D eigenvalue weighted by Gasteiger charge is -2.33. The number of ether oxygens (including phenoxy) is 1. The number of carbonyl (C=O) groups excluding carboxylic acids is 2. The molecule has 9 heteroatoms. The summed E-state index contributed by atoms with van der Waals surface area (Å²) in [6.07, 6.45) is 0.374. The number of hydrogen-bond acceptors (Lipinski definition) is 5. The molecule has 1 atom stereocenters. The second-order valence-electron chi connectivity index (χ2n) is 10.3. The van der Waals surface area contributed by atoms with Crippen LogP contribution in [0.5, 0.6) is 5.75 Å². The van der Waals surface area contributed by atoms with Gasteiger partial charge in [0.25, 0.3) is 10.0 Å². The van der Waals surface area contributed by atoms with Gasteiger partial charge in [0.1, 0.15) is 18.3 Å². The number of amides is 2. The number of rotatable bonds is 14. The van der Waals surface area contributed by atoms with Crippen LogP contribution in [0.1, 0.15) is 45.2 Å². The molecule has 0 aliphatic rings.